The normalized spacial score (nSPS) is 22.1. The van der Waals surface area contributed by atoms with Gasteiger partial charge < -0.3 is 19.7 Å². The minimum atomic E-state index is -0.350. The van der Waals surface area contributed by atoms with Gasteiger partial charge in [0.2, 0.25) is 11.7 Å². The predicted octanol–water partition coefficient (Wildman–Crippen LogP) is 1.53. The lowest BCUT2D eigenvalue weighted by atomic mass is 10.2. The van der Waals surface area contributed by atoms with Gasteiger partial charge in [0.05, 0.1) is 18.8 Å². The summed E-state index contributed by atoms with van der Waals surface area (Å²) >= 11 is 0. The number of hydrogen-bond acceptors (Lipinski definition) is 6. The van der Waals surface area contributed by atoms with E-state index in [9.17, 15) is 5.11 Å². The van der Waals surface area contributed by atoms with Gasteiger partial charge in [-0.05, 0) is 25.5 Å². The van der Waals surface area contributed by atoms with Gasteiger partial charge in [-0.1, -0.05) is 17.3 Å². The molecule has 1 aliphatic rings. The molecule has 2 aromatic rings. The first-order chi connectivity index (χ1) is 9.76. The van der Waals surface area contributed by atoms with Crippen molar-refractivity contribution in [3.8, 4) is 17.1 Å². The Hall–Kier alpha value is -1.92. The summed E-state index contributed by atoms with van der Waals surface area (Å²) < 4.78 is 10.7. The van der Waals surface area contributed by atoms with E-state index in [0.29, 0.717) is 31.3 Å². The minimum absolute atomic E-state index is 0.0682. The summed E-state index contributed by atoms with van der Waals surface area (Å²) in [4.78, 5) is 4.39. The number of nitrogens with one attached hydrogen (secondary N) is 1. The average molecular weight is 275 g/mol. The first kappa shape index (κ1) is 13.1. The standard InChI is InChI=1S/C14H17N3O3/c1-2-19-11-5-3-4-9(6-11)13-16-14(20-17-13)12-7-10(18)8-15-12/h3-6,10,12,15,18H,2,7-8H2,1H3/t10-,12-/m0/s1. The zero-order chi connectivity index (χ0) is 13.9. The van der Waals surface area contributed by atoms with E-state index in [2.05, 4.69) is 15.5 Å². The van der Waals surface area contributed by atoms with Crippen molar-refractivity contribution in [2.75, 3.05) is 13.2 Å². The number of benzene rings is 1. The number of nitrogens with zero attached hydrogens (tertiary/aromatic N) is 2. The van der Waals surface area contributed by atoms with Crippen molar-refractivity contribution in [3.63, 3.8) is 0 Å². The largest absolute Gasteiger partial charge is 0.494 e. The molecule has 3 rings (SSSR count). The van der Waals surface area contributed by atoms with Crippen molar-refractivity contribution in [3.05, 3.63) is 30.2 Å². The van der Waals surface area contributed by atoms with E-state index in [1.807, 2.05) is 31.2 Å². The highest BCUT2D eigenvalue weighted by Gasteiger charge is 2.28. The molecule has 2 heterocycles. The molecule has 0 unspecified atom stereocenters. The zero-order valence-electron chi connectivity index (χ0n) is 11.2. The topological polar surface area (TPSA) is 80.4 Å². The van der Waals surface area contributed by atoms with E-state index < -0.39 is 0 Å². The van der Waals surface area contributed by atoms with Gasteiger partial charge in [0.1, 0.15) is 5.75 Å². The lowest BCUT2D eigenvalue weighted by Crippen LogP contribution is -2.15. The van der Waals surface area contributed by atoms with Gasteiger partial charge in [-0.3, -0.25) is 0 Å². The Balaban J connectivity index is 1.81. The van der Waals surface area contributed by atoms with Crippen LogP contribution in [0.25, 0.3) is 11.4 Å². The molecule has 1 aromatic heterocycles. The molecule has 20 heavy (non-hydrogen) atoms. The van der Waals surface area contributed by atoms with Crippen LogP contribution in [0, 0.1) is 0 Å². The second kappa shape index (κ2) is 5.60. The van der Waals surface area contributed by atoms with E-state index in [-0.39, 0.29) is 12.1 Å². The molecule has 106 valence electrons. The predicted molar refractivity (Wildman–Crippen MR) is 72.3 cm³/mol. The van der Waals surface area contributed by atoms with Crippen LogP contribution in [-0.2, 0) is 0 Å². The van der Waals surface area contributed by atoms with Crippen LogP contribution < -0.4 is 10.1 Å². The molecule has 1 aromatic carbocycles. The minimum Gasteiger partial charge on any atom is -0.494 e. The lowest BCUT2D eigenvalue weighted by Gasteiger charge is -2.03. The SMILES string of the molecule is CCOc1cccc(-c2noc([C@@H]3C[C@H](O)CN3)n2)c1. The summed E-state index contributed by atoms with van der Waals surface area (Å²) in [6.07, 6.45) is 0.247. The van der Waals surface area contributed by atoms with E-state index in [4.69, 9.17) is 9.26 Å². The maximum Gasteiger partial charge on any atom is 0.244 e. The Kier molecular flexibility index (Phi) is 3.66. The molecular weight excluding hydrogens is 258 g/mol. The summed E-state index contributed by atoms with van der Waals surface area (Å²) in [7, 11) is 0. The number of aliphatic hydroxyl groups is 1. The zero-order valence-corrected chi connectivity index (χ0v) is 11.2. The Morgan fingerprint density at radius 3 is 3.15 bits per heavy atom. The third-order valence-electron chi connectivity index (χ3n) is 3.25. The van der Waals surface area contributed by atoms with Crippen LogP contribution >= 0.6 is 0 Å². The number of hydrogen-bond donors (Lipinski definition) is 2. The number of aromatic nitrogens is 2. The summed E-state index contributed by atoms with van der Waals surface area (Å²) in [5, 5.41) is 16.7. The van der Waals surface area contributed by atoms with Gasteiger partial charge in [-0.2, -0.15) is 4.98 Å². The number of aliphatic hydroxyl groups excluding tert-OH is 1. The average Bonchev–Trinajstić information content (AvgIpc) is 3.08. The van der Waals surface area contributed by atoms with Gasteiger partial charge in [-0.25, -0.2) is 0 Å². The third-order valence-corrected chi connectivity index (χ3v) is 3.25. The van der Waals surface area contributed by atoms with E-state index in [0.717, 1.165) is 11.3 Å². The summed E-state index contributed by atoms with van der Waals surface area (Å²) in [6, 6.07) is 7.52. The fraction of sp³-hybridized carbons (Fsp3) is 0.429. The molecule has 0 radical (unpaired) electrons. The first-order valence-electron chi connectivity index (χ1n) is 6.74. The summed E-state index contributed by atoms with van der Waals surface area (Å²) in [5.74, 6) is 1.83. The van der Waals surface area contributed by atoms with Crippen molar-refractivity contribution < 1.29 is 14.4 Å². The number of rotatable bonds is 4. The molecular formula is C14H17N3O3. The second-order valence-electron chi connectivity index (χ2n) is 4.77. The van der Waals surface area contributed by atoms with Crippen molar-refractivity contribution >= 4 is 0 Å². The fourth-order valence-corrected chi connectivity index (χ4v) is 2.29. The van der Waals surface area contributed by atoms with Crippen LogP contribution in [0.1, 0.15) is 25.3 Å². The van der Waals surface area contributed by atoms with Crippen molar-refractivity contribution in [1.82, 2.24) is 15.5 Å². The summed E-state index contributed by atoms with van der Waals surface area (Å²) in [5.41, 5.74) is 0.851. The van der Waals surface area contributed by atoms with Gasteiger partial charge in [0.25, 0.3) is 0 Å². The summed E-state index contributed by atoms with van der Waals surface area (Å²) in [6.45, 7) is 3.11. The molecule has 1 aliphatic heterocycles. The number of β-amino-alcohol motifs (C(OH)–C–C–N with tert-alkyl or cyclic N) is 1. The fourth-order valence-electron chi connectivity index (χ4n) is 2.29. The monoisotopic (exact) mass is 275 g/mol. The van der Waals surface area contributed by atoms with Gasteiger partial charge in [0.15, 0.2) is 0 Å². The molecule has 1 fully saturated rings. The Morgan fingerprint density at radius 1 is 1.50 bits per heavy atom. The quantitative estimate of drug-likeness (QED) is 0.880. The molecule has 0 aliphatic carbocycles. The van der Waals surface area contributed by atoms with Crippen molar-refractivity contribution in [2.45, 2.75) is 25.5 Å². The molecule has 6 heteroatoms. The van der Waals surface area contributed by atoms with Crippen LogP contribution in [0.5, 0.6) is 5.75 Å². The highest BCUT2D eigenvalue weighted by Crippen LogP contribution is 2.26. The Labute approximate surface area is 116 Å². The van der Waals surface area contributed by atoms with Crippen LogP contribution in [0.2, 0.25) is 0 Å². The maximum absolute atomic E-state index is 9.51. The van der Waals surface area contributed by atoms with E-state index in [1.54, 1.807) is 0 Å². The highest BCUT2D eigenvalue weighted by atomic mass is 16.5. The molecule has 6 nitrogen and oxygen atoms in total. The first-order valence-corrected chi connectivity index (χ1v) is 6.74. The third kappa shape index (κ3) is 2.66. The molecule has 0 bridgehead atoms. The van der Waals surface area contributed by atoms with E-state index >= 15 is 0 Å². The molecule has 1 saturated heterocycles. The van der Waals surface area contributed by atoms with Crippen molar-refractivity contribution in [2.24, 2.45) is 0 Å². The molecule has 0 spiro atoms. The second-order valence-corrected chi connectivity index (χ2v) is 4.77. The Bertz CT molecular complexity index is 585. The lowest BCUT2D eigenvalue weighted by molar-refractivity contribution is 0.191. The Morgan fingerprint density at radius 2 is 2.40 bits per heavy atom. The van der Waals surface area contributed by atoms with Crippen LogP contribution in [0.3, 0.4) is 0 Å². The highest BCUT2D eigenvalue weighted by molar-refractivity contribution is 5.56. The number of ether oxygens (including phenoxy) is 1. The molecule has 0 saturated carbocycles. The van der Waals surface area contributed by atoms with Gasteiger partial charge >= 0.3 is 0 Å². The smallest absolute Gasteiger partial charge is 0.244 e. The van der Waals surface area contributed by atoms with Crippen LogP contribution in [0.15, 0.2) is 28.8 Å². The molecule has 2 N–H and O–H groups in total. The van der Waals surface area contributed by atoms with Gasteiger partial charge in [0, 0.05) is 12.1 Å². The van der Waals surface area contributed by atoms with E-state index in [1.165, 1.54) is 0 Å². The molecule has 2 atom stereocenters. The van der Waals surface area contributed by atoms with Gasteiger partial charge in [-0.15, -0.1) is 0 Å². The van der Waals surface area contributed by atoms with Crippen molar-refractivity contribution in [1.29, 1.82) is 0 Å². The molecule has 0 amide bonds. The van der Waals surface area contributed by atoms with Crippen LogP contribution in [-0.4, -0.2) is 34.5 Å². The van der Waals surface area contributed by atoms with Crippen LogP contribution in [0.4, 0.5) is 0 Å². The maximum atomic E-state index is 9.51.